The maximum atomic E-state index is 13.4. The molecule has 0 radical (unpaired) electrons. The smallest absolute Gasteiger partial charge is 0.221 e. The van der Waals surface area contributed by atoms with Gasteiger partial charge >= 0.3 is 0 Å². The maximum absolute atomic E-state index is 13.4. The molecule has 3 unspecified atom stereocenters. The van der Waals surface area contributed by atoms with Gasteiger partial charge in [-0.1, -0.05) is 51.1 Å². The summed E-state index contributed by atoms with van der Waals surface area (Å²) in [5, 5.41) is 10.4. The van der Waals surface area contributed by atoms with Crippen LogP contribution in [0.3, 0.4) is 0 Å². The number of hydrogen-bond acceptors (Lipinski definition) is 7. The molecule has 5 rings (SSSR count). The van der Waals surface area contributed by atoms with Crippen molar-refractivity contribution in [3.63, 3.8) is 0 Å². The number of nitrogens with one attached hydrogen (secondary N) is 3. The molecule has 3 amide bonds. The van der Waals surface area contributed by atoms with Crippen molar-refractivity contribution in [1.82, 2.24) is 20.9 Å². The molecule has 4 aliphatic rings. The van der Waals surface area contributed by atoms with Gasteiger partial charge in [0.15, 0.2) is 0 Å². The van der Waals surface area contributed by atoms with Crippen LogP contribution in [0.2, 0.25) is 0 Å². The van der Waals surface area contributed by atoms with E-state index in [9.17, 15) is 14.4 Å². The molecule has 0 saturated heterocycles. The number of carbonyl (C=O) groups excluding carboxylic acids is 3. The van der Waals surface area contributed by atoms with Gasteiger partial charge in [0.25, 0.3) is 0 Å². The van der Waals surface area contributed by atoms with Gasteiger partial charge < -0.3 is 38.1 Å². The molecule has 1 aromatic carbocycles. The number of nitrogens with two attached hydrogens (primary N) is 3. The highest BCUT2D eigenvalue weighted by Crippen LogP contribution is 2.68. The van der Waals surface area contributed by atoms with Gasteiger partial charge in [-0.15, -0.1) is 0 Å². The fourth-order valence-electron chi connectivity index (χ4n) is 11.8. The molecule has 4 saturated carbocycles. The molecule has 0 spiro atoms. The summed E-state index contributed by atoms with van der Waals surface area (Å²) in [7, 11) is 2.21. The van der Waals surface area contributed by atoms with Gasteiger partial charge in [-0.05, 0) is 123 Å². The summed E-state index contributed by atoms with van der Waals surface area (Å²) in [5.74, 6) is 2.53. The molecule has 0 aromatic heterocycles. The molecule has 4 aliphatic carbocycles. The monoisotopic (exact) mass is 708 g/mol. The van der Waals surface area contributed by atoms with Gasteiger partial charge in [-0.2, -0.15) is 0 Å². The third-order valence-corrected chi connectivity index (χ3v) is 14.3. The van der Waals surface area contributed by atoms with Crippen LogP contribution in [0, 0.1) is 46.3 Å². The lowest BCUT2D eigenvalue weighted by Crippen LogP contribution is -2.67. The molecule has 10 nitrogen and oxygen atoms in total. The SMILES string of the molecule is C[C@H](CCCN(C)Cc1ccccc1)[C@H]1CC[C@H]2C3[C@H](NC(=O)CCN)CC4C[C@H](NC(=O)CCN)CCC4(C)[C@H]3C[C@H](NC(=O)CCN)[C@]12C. The van der Waals surface area contributed by atoms with Gasteiger partial charge in [0.05, 0.1) is 0 Å². The predicted octanol–water partition coefficient (Wildman–Crippen LogP) is 3.91. The van der Waals surface area contributed by atoms with Gasteiger partial charge in [0.2, 0.25) is 17.7 Å². The zero-order valence-corrected chi connectivity index (χ0v) is 32.0. The molecule has 51 heavy (non-hydrogen) atoms. The van der Waals surface area contributed by atoms with Crippen molar-refractivity contribution in [2.24, 2.45) is 63.5 Å². The van der Waals surface area contributed by atoms with Crippen LogP contribution < -0.4 is 33.2 Å². The van der Waals surface area contributed by atoms with Crippen molar-refractivity contribution >= 4 is 17.7 Å². The Bertz CT molecular complexity index is 1310. The first-order valence-corrected chi connectivity index (χ1v) is 20.1. The van der Waals surface area contributed by atoms with Crippen molar-refractivity contribution in [1.29, 1.82) is 0 Å². The molecule has 4 fully saturated rings. The molecule has 0 heterocycles. The van der Waals surface area contributed by atoms with E-state index in [1.807, 2.05) is 0 Å². The normalized spacial score (nSPS) is 34.9. The summed E-state index contributed by atoms with van der Waals surface area (Å²) in [6, 6.07) is 10.9. The zero-order chi connectivity index (χ0) is 36.8. The van der Waals surface area contributed by atoms with Crippen LogP contribution in [0.4, 0.5) is 0 Å². The quantitative estimate of drug-likeness (QED) is 0.151. The van der Waals surface area contributed by atoms with Crippen LogP contribution in [0.5, 0.6) is 0 Å². The summed E-state index contributed by atoms with van der Waals surface area (Å²) >= 11 is 0. The number of benzene rings is 1. The Morgan fingerprint density at radius 3 is 2.16 bits per heavy atom. The van der Waals surface area contributed by atoms with E-state index in [-0.39, 0.29) is 46.7 Å². The highest BCUT2D eigenvalue weighted by Gasteiger charge is 2.66. The fourth-order valence-corrected chi connectivity index (χ4v) is 11.8. The van der Waals surface area contributed by atoms with Gasteiger partial charge in [-0.25, -0.2) is 0 Å². The topological polar surface area (TPSA) is 169 Å². The third-order valence-electron chi connectivity index (χ3n) is 14.3. The minimum Gasteiger partial charge on any atom is -0.353 e. The lowest BCUT2D eigenvalue weighted by atomic mass is 9.42. The second-order valence-corrected chi connectivity index (χ2v) is 17.3. The third kappa shape index (κ3) is 8.82. The zero-order valence-electron chi connectivity index (χ0n) is 32.0. The van der Waals surface area contributed by atoms with Crippen LogP contribution in [-0.2, 0) is 20.9 Å². The Morgan fingerprint density at radius 2 is 1.49 bits per heavy atom. The Morgan fingerprint density at radius 1 is 0.843 bits per heavy atom. The standard InChI is InChI=1S/C41H69N7O3/c1-27(9-8-22-48(4)26-28-10-6-5-7-11-28)31-12-13-32-39-33(25-35(41(31,32)3)47-38(51)17-21-44)40(2)18-14-30(45-36(49)15-19-42)23-29(40)24-34(39)46-37(50)16-20-43/h5-7,10-11,27,29-35,39H,8-9,12-26,42-44H2,1-4H3,(H,45,49)(H,46,50)(H,47,51)/t27-,29?,30-,31-,32+,33+,34-,35+,39?,40?,41-/m1/s1. The van der Waals surface area contributed by atoms with E-state index in [0.29, 0.717) is 74.4 Å². The van der Waals surface area contributed by atoms with Crippen molar-refractivity contribution in [3.05, 3.63) is 35.9 Å². The summed E-state index contributed by atoms with van der Waals surface area (Å²) in [6.45, 7) is 10.4. The Balaban J connectivity index is 1.39. The average molecular weight is 708 g/mol. The van der Waals surface area contributed by atoms with E-state index in [1.165, 1.54) is 5.56 Å². The average Bonchev–Trinajstić information content (AvgIpc) is 3.44. The lowest BCUT2D eigenvalue weighted by Gasteiger charge is -2.65. The molecule has 0 aliphatic heterocycles. The summed E-state index contributed by atoms with van der Waals surface area (Å²) < 4.78 is 0. The molecule has 9 N–H and O–H groups in total. The van der Waals surface area contributed by atoms with Crippen molar-refractivity contribution in [2.45, 2.75) is 122 Å². The van der Waals surface area contributed by atoms with Crippen molar-refractivity contribution < 1.29 is 14.4 Å². The molecule has 10 heteroatoms. The van der Waals surface area contributed by atoms with E-state index in [4.69, 9.17) is 17.2 Å². The minimum atomic E-state index is -0.0891. The number of nitrogens with zero attached hydrogens (tertiary/aromatic N) is 1. The number of amides is 3. The van der Waals surface area contributed by atoms with E-state index in [0.717, 1.165) is 70.9 Å². The van der Waals surface area contributed by atoms with E-state index < -0.39 is 0 Å². The second-order valence-electron chi connectivity index (χ2n) is 17.3. The van der Waals surface area contributed by atoms with Crippen molar-refractivity contribution in [2.75, 3.05) is 33.2 Å². The maximum Gasteiger partial charge on any atom is 0.221 e. The van der Waals surface area contributed by atoms with Crippen LogP contribution in [0.25, 0.3) is 0 Å². The number of rotatable bonds is 16. The summed E-state index contributed by atoms with van der Waals surface area (Å²) in [4.78, 5) is 41.7. The number of carbonyl (C=O) groups is 3. The predicted molar refractivity (Wildman–Crippen MR) is 204 cm³/mol. The molecular formula is C41H69N7O3. The van der Waals surface area contributed by atoms with E-state index in [2.05, 4.69) is 79.0 Å². The number of hydrogen-bond donors (Lipinski definition) is 6. The highest BCUT2D eigenvalue weighted by molar-refractivity contribution is 5.77. The van der Waals surface area contributed by atoms with Crippen LogP contribution in [0.15, 0.2) is 30.3 Å². The molecule has 286 valence electrons. The van der Waals surface area contributed by atoms with Crippen molar-refractivity contribution in [3.8, 4) is 0 Å². The van der Waals surface area contributed by atoms with Gasteiger partial charge in [0.1, 0.15) is 0 Å². The molecular weight excluding hydrogens is 638 g/mol. The second kappa shape index (κ2) is 17.5. The Hall–Kier alpha value is -2.53. The van der Waals surface area contributed by atoms with Gasteiger partial charge in [-0.3, -0.25) is 14.4 Å². The minimum absolute atomic E-state index is 0.0256. The first-order valence-electron chi connectivity index (χ1n) is 20.1. The molecule has 11 atom stereocenters. The first-order chi connectivity index (χ1) is 24.4. The Kier molecular flexibility index (Phi) is 13.6. The molecule has 1 aromatic rings. The fraction of sp³-hybridized carbons (Fsp3) is 0.780. The van der Waals surface area contributed by atoms with Crippen LogP contribution >= 0.6 is 0 Å². The van der Waals surface area contributed by atoms with Gasteiger partial charge in [0, 0.05) is 63.6 Å². The largest absolute Gasteiger partial charge is 0.353 e. The van der Waals surface area contributed by atoms with Crippen LogP contribution in [0.1, 0.15) is 103 Å². The summed E-state index contributed by atoms with van der Waals surface area (Å²) in [5.41, 5.74) is 18.8. The van der Waals surface area contributed by atoms with E-state index in [1.54, 1.807) is 0 Å². The Labute approximate surface area is 307 Å². The lowest BCUT2D eigenvalue weighted by molar-refractivity contribution is -0.153. The summed E-state index contributed by atoms with van der Waals surface area (Å²) in [6.07, 6.45) is 10.3. The molecule has 0 bridgehead atoms. The number of fused-ring (bicyclic) bond motifs is 5. The van der Waals surface area contributed by atoms with Crippen LogP contribution in [-0.4, -0.2) is 74.0 Å². The highest BCUT2D eigenvalue weighted by atomic mass is 16.2. The first kappa shape index (κ1) is 39.7. The van der Waals surface area contributed by atoms with E-state index >= 15 is 0 Å².